The third-order valence-electron chi connectivity index (χ3n) is 5.85. The summed E-state index contributed by atoms with van der Waals surface area (Å²) in [7, 11) is 0. The van der Waals surface area contributed by atoms with Crippen LogP contribution in [0.2, 0.25) is 0 Å². The van der Waals surface area contributed by atoms with Crippen molar-refractivity contribution in [3.8, 4) is 17.2 Å². The minimum atomic E-state index is -1.10. The van der Waals surface area contributed by atoms with Gasteiger partial charge < -0.3 is 24.8 Å². The average molecular weight is 489 g/mol. The molecule has 2 amide bonds. The van der Waals surface area contributed by atoms with Crippen molar-refractivity contribution in [3.63, 3.8) is 0 Å². The predicted octanol–water partition coefficient (Wildman–Crippen LogP) is 4.75. The molecule has 0 atom stereocenters. The molecule has 0 unspecified atom stereocenters. The molecule has 1 aliphatic heterocycles. The smallest absolute Gasteiger partial charge is 0.337 e. The molecular formula is C28H28N2O6. The summed E-state index contributed by atoms with van der Waals surface area (Å²) in [6, 6.07) is 20.4. The van der Waals surface area contributed by atoms with Gasteiger partial charge in [-0.25, -0.2) is 4.79 Å². The van der Waals surface area contributed by atoms with Gasteiger partial charge in [-0.05, 0) is 73.4 Å². The number of carboxylic acids is 1. The summed E-state index contributed by atoms with van der Waals surface area (Å²) < 4.78 is 11.5. The van der Waals surface area contributed by atoms with Crippen LogP contribution in [0.5, 0.6) is 17.2 Å². The number of hydrogen-bond acceptors (Lipinski definition) is 5. The molecular weight excluding hydrogens is 460 g/mol. The van der Waals surface area contributed by atoms with Crippen molar-refractivity contribution in [2.24, 2.45) is 0 Å². The molecule has 8 nitrogen and oxygen atoms in total. The summed E-state index contributed by atoms with van der Waals surface area (Å²) >= 11 is 0. The van der Waals surface area contributed by atoms with E-state index in [0.29, 0.717) is 17.2 Å². The topological polar surface area (TPSA) is 105 Å². The van der Waals surface area contributed by atoms with Gasteiger partial charge >= 0.3 is 5.97 Å². The molecule has 0 saturated carbocycles. The minimum Gasteiger partial charge on any atom is -0.484 e. The molecule has 1 aliphatic rings. The fourth-order valence-corrected chi connectivity index (χ4v) is 3.95. The Bertz CT molecular complexity index is 1200. The Hall–Kier alpha value is -4.33. The summed E-state index contributed by atoms with van der Waals surface area (Å²) in [4.78, 5) is 37.8. The van der Waals surface area contributed by atoms with Gasteiger partial charge in [-0.3, -0.25) is 9.59 Å². The number of para-hydroxylation sites is 1. The van der Waals surface area contributed by atoms with E-state index in [4.69, 9.17) is 9.47 Å². The van der Waals surface area contributed by atoms with Gasteiger partial charge in [0.25, 0.3) is 5.91 Å². The lowest BCUT2D eigenvalue weighted by Crippen LogP contribution is -2.38. The highest BCUT2D eigenvalue weighted by molar-refractivity contribution is 6.01. The largest absolute Gasteiger partial charge is 0.484 e. The standard InChI is InChI=1S/C28H28N2O6/c31-26(29-25-7-3-2-6-24(25)28(33)34)18-20-8-10-22(11-9-20)36-23-14-12-21(13-15-23)35-19-27(32)30-16-4-1-5-17-30/h2-3,6-15H,1,4-5,16-19H2,(H,29,31)(H,33,34). The quantitative estimate of drug-likeness (QED) is 0.450. The van der Waals surface area contributed by atoms with Crippen molar-refractivity contribution in [2.45, 2.75) is 25.7 Å². The van der Waals surface area contributed by atoms with Gasteiger partial charge in [0.1, 0.15) is 17.2 Å². The number of piperidine rings is 1. The Morgan fingerprint density at radius 2 is 1.42 bits per heavy atom. The summed E-state index contributed by atoms with van der Waals surface area (Å²) in [5.41, 5.74) is 1.06. The minimum absolute atomic E-state index is 0.00916. The first-order valence-electron chi connectivity index (χ1n) is 11.9. The SMILES string of the molecule is O=C(Cc1ccc(Oc2ccc(OCC(=O)N3CCCCC3)cc2)cc1)Nc1ccccc1C(=O)O. The highest BCUT2D eigenvalue weighted by Gasteiger charge is 2.17. The van der Waals surface area contributed by atoms with Crippen LogP contribution in [0.3, 0.4) is 0 Å². The van der Waals surface area contributed by atoms with E-state index in [1.165, 1.54) is 12.5 Å². The molecule has 186 valence electrons. The van der Waals surface area contributed by atoms with Gasteiger partial charge in [0.05, 0.1) is 17.7 Å². The molecule has 3 aromatic carbocycles. The maximum absolute atomic E-state index is 12.4. The van der Waals surface area contributed by atoms with Gasteiger partial charge in [-0.15, -0.1) is 0 Å². The average Bonchev–Trinajstić information content (AvgIpc) is 2.90. The molecule has 4 rings (SSSR count). The number of anilines is 1. The number of rotatable bonds is 9. The van der Waals surface area contributed by atoms with Crippen molar-refractivity contribution in [2.75, 3.05) is 25.0 Å². The van der Waals surface area contributed by atoms with Crippen LogP contribution in [0.25, 0.3) is 0 Å². The first kappa shape index (κ1) is 24.8. The molecule has 36 heavy (non-hydrogen) atoms. The number of carbonyl (C=O) groups excluding carboxylic acids is 2. The van der Waals surface area contributed by atoms with Crippen LogP contribution < -0.4 is 14.8 Å². The fourth-order valence-electron chi connectivity index (χ4n) is 3.95. The molecule has 0 bridgehead atoms. The maximum atomic E-state index is 12.4. The second kappa shape index (κ2) is 11.9. The lowest BCUT2D eigenvalue weighted by Gasteiger charge is -2.26. The van der Waals surface area contributed by atoms with Crippen LogP contribution in [-0.2, 0) is 16.0 Å². The number of amides is 2. The molecule has 0 aromatic heterocycles. The molecule has 8 heteroatoms. The lowest BCUT2D eigenvalue weighted by molar-refractivity contribution is -0.134. The van der Waals surface area contributed by atoms with Crippen molar-refractivity contribution < 1.29 is 29.0 Å². The number of nitrogens with zero attached hydrogens (tertiary/aromatic N) is 1. The third-order valence-corrected chi connectivity index (χ3v) is 5.85. The van der Waals surface area contributed by atoms with Crippen molar-refractivity contribution in [3.05, 3.63) is 83.9 Å². The Balaban J connectivity index is 1.26. The molecule has 1 heterocycles. The summed E-state index contributed by atoms with van der Waals surface area (Å²) in [6.07, 6.45) is 3.37. The first-order valence-corrected chi connectivity index (χ1v) is 11.9. The molecule has 2 N–H and O–H groups in total. The van der Waals surface area contributed by atoms with Crippen LogP contribution in [0.15, 0.2) is 72.8 Å². The summed E-state index contributed by atoms with van der Waals surface area (Å²) in [5.74, 6) is 0.405. The molecule has 1 fully saturated rings. The van der Waals surface area contributed by atoms with E-state index in [-0.39, 0.29) is 36.1 Å². The van der Waals surface area contributed by atoms with Crippen LogP contribution in [0, 0.1) is 0 Å². The zero-order valence-electron chi connectivity index (χ0n) is 19.8. The Labute approximate surface area is 209 Å². The Morgan fingerprint density at radius 3 is 2.08 bits per heavy atom. The first-order chi connectivity index (χ1) is 17.5. The highest BCUT2D eigenvalue weighted by Crippen LogP contribution is 2.25. The van der Waals surface area contributed by atoms with Crippen LogP contribution in [0.1, 0.15) is 35.2 Å². The maximum Gasteiger partial charge on any atom is 0.337 e. The molecule has 1 saturated heterocycles. The number of likely N-dealkylation sites (tertiary alicyclic amines) is 1. The lowest BCUT2D eigenvalue weighted by atomic mass is 10.1. The predicted molar refractivity (Wildman–Crippen MR) is 135 cm³/mol. The van der Waals surface area contributed by atoms with E-state index in [1.807, 2.05) is 4.90 Å². The third kappa shape index (κ3) is 6.85. The Kier molecular flexibility index (Phi) is 8.18. The molecule has 0 radical (unpaired) electrons. The van der Waals surface area contributed by atoms with Gasteiger partial charge in [-0.2, -0.15) is 0 Å². The number of carbonyl (C=O) groups is 3. The molecule has 0 spiro atoms. The van der Waals surface area contributed by atoms with Gasteiger partial charge in [0.2, 0.25) is 5.91 Å². The van der Waals surface area contributed by atoms with E-state index in [1.54, 1.807) is 66.7 Å². The monoisotopic (exact) mass is 488 g/mol. The van der Waals surface area contributed by atoms with Gasteiger partial charge in [0, 0.05) is 13.1 Å². The Morgan fingerprint density at radius 1 is 0.806 bits per heavy atom. The zero-order chi connectivity index (χ0) is 25.3. The number of benzene rings is 3. The van der Waals surface area contributed by atoms with Gasteiger partial charge in [-0.1, -0.05) is 24.3 Å². The second-order valence-corrected chi connectivity index (χ2v) is 8.52. The van der Waals surface area contributed by atoms with E-state index < -0.39 is 5.97 Å². The van der Waals surface area contributed by atoms with Crippen molar-refractivity contribution in [1.82, 2.24) is 4.90 Å². The fraction of sp³-hybridized carbons (Fsp3) is 0.250. The number of carboxylic acid groups (broad SMARTS) is 1. The number of ether oxygens (including phenoxy) is 2. The van der Waals surface area contributed by atoms with Crippen LogP contribution in [0.4, 0.5) is 5.69 Å². The second-order valence-electron chi connectivity index (χ2n) is 8.52. The summed E-state index contributed by atoms with van der Waals surface area (Å²) in [6.45, 7) is 1.63. The van der Waals surface area contributed by atoms with Crippen molar-refractivity contribution in [1.29, 1.82) is 0 Å². The number of aromatic carboxylic acids is 1. The van der Waals surface area contributed by atoms with E-state index in [9.17, 15) is 19.5 Å². The number of hydrogen-bond donors (Lipinski definition) is 2. The van der Waals surface area contributed by atoms with Crippen LogP contribution >= 0.6 is 0 Å². The van der Waals surface area contributed by atoms with E-state index in [2.05, 4.69) is 5.32 Å². The van der Waals surface area contributed by atoms with Crippen LogP contribution in [-0.4, -0.2) is 47.5 Å². The zero-order valence-corrected chi connectivity index (χ0v) is 19.8. The highest BCUT2D eigenvalue weighted by atomic mass is 16.5. The van der Waals surface area contributed by atoms with Gasteiger partial charge in [0.15, 0.2) is 6.61 Å². The van der Waals surface area contributed by atoms with Crippen molar-refractivity contribution >= 4 is 23.5 Å². The normalized spacial score (nSPS) is 13.1. The molecule has 3 aromatic rings. The van der Waals surface area contributed by atoms with E-state index in [0.717, 1.165) is 31.5 Å². The summed E-state index contributed by atoms with van der Waals surface area (Å²) in [5, 5.41) is 11.9. The van der Waals surface area contributed by atoms with E-state index >= 15 is 0 Å². The number of nitrogens with one attached hydrogen (secondary N) is 1. The molecule has 0 aliphatic carbocycles.